The van der Waals surface area contributed by atoms with E-state index in [1.54, 1.807) is 54.2 Å². The van der Waals surface area contributed by atoms with Gasteiger partial charge in [-0.05, 0) is 43.3 Å². The molecule has 0 radical (unpaired) electrons. The molecule has 2 aromatic heterocycles. The zero-order chi connectivity index (χ0) is 22.5. The zero-order valence-electron chi connectivity index (χ0n) is 17.0. The van der Waals surface area contributed by atoms with E-state index < -0.39 is 5.97 Å². The Hall–Kier alpha value is -3.43. The molecule has 10 heteroatoms. The highest BCUT2D eigenvalue weighted by atomic mass is 35.5. The predicted molar refractivity (Wildman–Crippen MR) is 123 cm³/mol. The Morgan fingerprint density at radius 3 is 2.69 bits per heavy atom. The summed E-state index contributed by atoms with van der Waals surface area (Å²) in [5.41, 5.74) is 2.14. The van der Waals surface area contributed by atoms with E-state index in [9.17, 15) is 9.59 Å². The maximum atomic E-state index is 12.6. The fourth-order valence-electron chi connectivity index (χ4n) is 3.01. The number of ether oxygens (including phenoxy) is 1. The van der Waals surface area contributed by atoms with Gasteiger partial charge in [-0.15, -0.1) is 0 Å². The molecule has 8 nitrogen and oxygen atoms in total. The molecule has 0 spiro atoms. The SMILES string of the molecule is CCOC(=O)c1ccccc1NC(=O)CSc1ncnc2c1cnn2-c1ccc(Cl)cc1. The van der Waals surface area contributed by atoms with Crippen LogP contribution in [0.5, 0.6) is 0 Å². The van der Waals surface area contributed by atoms with E-state index in [-0.39, 0.29) is 18.3 Å². The maximum Gasteiger partial charge on any atom is 0.340 e. The first-order valence-electron chi connectivity index (χ1n) is 9.70. The van der Waals surface area contributed by atoms with Gasteiger partial charge in [-0.25, -0.2) is 19.4 Å². The molecule has 162 valence electrons. The second-order valence-corrected chi connectivity index (χ2v) is 7.95. The molecule has 0 saturated carbocycles. The summed E-state index contributed by atoms with van der Waals surface area (Å²) >= 11 is 7.22. The Bertz CT molecular complexity index is 1280. The standard InChI is InChI=1S/C22H18ClN5O3S/c1-2-31-22(30)16-5-3-4-6-18(16)27-19(29)12-32-21-17-11-26-28(20(17)24-13-25-21)15-9-7-14(23)8-10-15/h3-11,13H,2,12H2,1H3,(H,27,29). The number of amides is 1. The molecule has 0 aliphatic carbocycles. The van der Waals surface area contributed by atoms with Crippen molar-refractivity contribution in [2.75, 3.05) is 17.7 Å². The molecule has 0 atom stereocenters. The Kier molecular flexibility index (Phi) is 6.67. The van der Waals surface area contributed by atoms with Gasteiger partial charge < -0.3 is 10.1 Å². The van der Waals surface area contributed by atoms with Gasteiger partial charge in [0.2, 0.25) is 5.91 Å². The quantitative estimate of drug-likeness (QED) is 0.244. The Morgan fingerprint density at radius 2 is 1.91 bits per heavy atom. The minimum absolute atomic E-state index is 0.0927. The van der Waals surface area contributed by atoms with Crippen LogP contribution in [-0.4, -0.2) is 44.0 Å². The number of halogens is 1. The first kappa shape index (κ1) is 21.8. The van der Waals surface area contributed by atoms with Gasteiger partial charge >= 0.3 is 5.97 Å². The van der Waals surface area contributed by atoms with Crippen molar-refractivity contribution in [1.29, 1.82) is 0 Å². The highest BCUT2D eigenvalue weighted by Gasteiger charge is 2.16. The fraction of sp³-hybridized carbons (Fsp3) is 0.136. The summed E-state index contributed by atoms with van der Waals surface area (Å²) < 4.78 is 6.73. The highest BCUT2D eigenvalue weighted by molar-refractivity contribution is 8.00. The van der Waals surface area contributed by atoms with E-state index in [0.29, 0.717) is 26.9 Å². The predicted octanol–water partition coefficient (Wildman–Crippen LogP) is 4.38. The lowest BCUT2D eigenvalue weighted by molar-refractivity contribution is -0.113. The molecule has 2 aromatic carbocycles. The number of aromatic nitrogens is 4. The average molecular weight is 468 g/mol. The van der Waals surface area contributed by atoms with E-state index >= 15 is 0 Å². The normalized spacial score (nSPS) is 10.8. The van der Waals surface area contributed by atoms with Gasteiger partial charge in [0.15, 0.2) is 5.65 Å². The number of hydrogen-bond acceptors (Lipinski definition) is 7. The van der Waals surface area contributed by atoms with E-state index in [1.807, 2.05) is 12.1 Å². The van der Waals surface area contributed by atoms with Gasteiger partial charge in [-0.3, -0.25) is 4.79 Å². The van der Waals surface area contributed by atoms with Crippen LogP contribution in [0.2, 0.25) is 5.02 Å². The zero-order valence-corrected chi connectivity index (χ0v) is 18.6. The van der Waals surface area contributed by atoms with Crippen molar-refractivity contribution in [1.82, 2.24) is 19.7 Å². The van der Waals surface area contributed by atoms with Crippen molar-refractivity contribution in [3.63, 3.8) is 0 Å². The number of carbonyl (C=O) groups is 2. The van der Waals surface area contributed by atoms with Gasteiger partial charge in [-0.1, -0.05) is 35.5 Å². The molecular weight excluding hydrogens is 450 g/mol. The number of para-hydroxylation sites is 1. The molecule has 4 aromatic rings. The van der Waals surface area contributed by atoms with Crippen LogP contribution >= 0.6 is 23.4 Å². The van der Waals surface area contributed by atoms with Crippen molar-refractivity contribution < 1.29 is 14.3 Å². The summed E-state index contributed by atoms with van der Waals surface area (Å²) in [6.45, 7) is 1.98. The van der Waals surface area contributed by atoms with Crippen molar-refractivity contribution in [2.24, 2.45) is 0 Å². The molecule has 0 aliphatic rings. The number of fused-ring (bicyclic) bond motifs is 1. The fourth-order valence-corrected chi connectivity index (χ4v) is 3.90. The molecule has 2 heterocycles. The average Bonchev–Trinajstić information content (AvgIpc) is 3.23. The molecule has 0 saturated heterocycles. The summed E-state index contributed by atoms with van der Waals surface area (Å²) in [5, 5.41) is 9.16. The summed E-state index contributed by atoms with van der Waals surface area (Å²) in [5.74, 6) is -0.665. The maximum absolute atomic E-state index is 12.6. The Labute approximate surface area is 193 Å². The smallest absolute Gasteiger partial charge is 0.340 e. The summed E-state index contributed by atoms with van der Waals surface area (Å²) in [7, 11) is 0. The molecule has 0 aliphatic heterocycles. The number of esters is 1. The van der Waals surface area contributed by atoms with Crippen LogP contribution in [0.3, 0.4) is 0 Å². The molecule has 4 rings (SSSR count). The number of nitrogens with one attached hydrogen (secondary N) is 1. The Morgan fingerprint density at radius 1 is 1.12 bits per heavy atom. The molecular formula is C22H18ClN5O3S. The minimum atomic E-state index is -0.483. The second kappa shape index (κ2) is 9.80. The lowest BCUT2D eigenvalue weighted by Gasteiger charge is -2.10. The minimum Gasteiger partial charge on any atom is -0.462 e. The summed E-state index contributed by atoms with van der Waals surface area (Å²) in [6.07, 6.45) is 3.10. The molecule has 1 N–H and O–H groups in total. The number of anilines is 1. The van der Waals surface area contributed by atoms with Crippen LogP contribution in [-0.2, 0) is 9.53 Å². The topological polar surface area (TPSA) is 99.0 Å². The monoisotopic (exact) mass is 467 g/mol. The first-order chi connectivity index (χ1) is 15.6. The van der Waals surface area contributed by atoms with Crippen LogP contribution in [0.1, 0.15) is 17.3 Å². The number of nitrogens with zero attached hydrogens (tertiary/aromatic N) is 4. The Balaban J connectivity index is 1.49. The number of hydrogen-bond donors (Lipinski definition) is 1. The molecule has 0 fully saturated rings. The van der Waals surface area contributed by atoms with E-state index in [4.69, 9.17) is 16.3 Å². The number of carbonyl (C=O) groups excluding carboxylic acids is 2. The van der Waals surface area contributed by atoms with Gasteiger partial charge in [0, 0.05) is 5.02 Å². The van der Waals surface area contributed by atoms with Crippen LogP contribution in [0, 0.1) is 0 Å². The summed E-state index contributed by atoms with van der Waals surface area (Å²) in [4.78, 5) is 33.3. The van der Waals surface area contributed by atoms with Gasteiger partial charge in [0.1, 0.15) is 11.4 Å². The first-order valence-corrected chi connectivity index (χ1v) is 11.1. The number of rotatable bonds is 7. The largest absolute Gasteiger partial charge is 0.462 e. The van der Waals surface area contributed by atoms with Crippen molar-refractivity contribution in [2.45, 2.75) is 11.9 Å². The van der Waals surface area contributed by atoms with E-state index in [1.165, 1.54) is 18.1 Å². The van der Waals surface area contributed by atoms with Crippen molar-refractivity contribution in [3.05, 3.63) is 71.6 Å². The third-order valence-electron chi connectivity index (χ3n) is 4.44. The number of thioether (sulfide) groups is 1. The van der Waals surface area contributed by atoms with Crippen LogP contribution in [0.4, 0.5) is 5.69 Å². The molecule has 0 unspecified atom stereocenters. The van der Waals surface area contributed by atoms with E-state index in [2.05, 4.69) is 20.4 Å². The van der Waals surface area contributed by atoms with Crippen LogP contribution in [0.15, 0.2) is 66.1 Å². The van der Waals surface area contributed by atoms with Gasteiger partial charge in [0.25, 0.3) is 0 Å². The highest BCUT2D eigenvalue weighted by Crippen LogP contribution is 2.26. The van der Waals surface area contributed by atoms with Gasteiger partial charge in [0.05, 0.1) is 40.9 Å². The van der Waals surface area contributed by atoms with Gasteiger partial charge in [-0.2, -0.15) is 5.10 Å². The lowest BCUT2D eigenvalue weighted by atomic mass is 10.2. The molecule has 32 heavy (non-hydrogen) atoms. The third kappa shape index (κ3) is 4.74. The third-order valence-corrected chi connectivity index (χ3v) is 5.69. The second-order valence-electron chi connectivity index (χ2n) is 6.55. The van der Waals surface area contributed by atoms with Crippen LogP contribution < -0.4 is 5.32 Å². The lowest BCUT2D eigenvalue weighted by Crippen LogP contribution is -2.17. The summed E-state index contributed by atoms with van der Waals surface area (Å²) in [6, 6.07) is 14.0. The molecule has 1 amide bonds. The van der Waals surface area contributed by atoms with E-state index in [0.717, 1.165) is 11.1 Å². The van der Waals surface area contributed by atoms with Crippen LogP contribution in [0.25, 0.3) is 16.7 Å². The molecule has 0 bridgehead atoms. The van der Waals surface area contributed by atoms with Crippen molar-refractivity contribution >= 4 is 52.0 Å². The van der Waals surface area contributed by atoms with Crippen molar-refractivity contribution in [3.8, 4) is 5.69 Å². The number of benzene rings is 2.